The Balaban J connectivity index is 0.00000341. The molecule has 0 spiro atoms. The van der Waals surface area contributed by atoms with Gasteiger partial charge in [-0.25, -0.2) is 4.79 Å². The minimum atomic E-state index is -0.432. The van der Waals surface area contributed by atoms with E-state index >= 15 is 0 Å². The van der Waals surface area contributed by atoms with E-state index in [1.807, 2.05) is 18.2 Å². The predicted molar refractivity (Wildman–Crippen MR) is 121 cm³/mol. The van der Waals surface area contributed by atoms with Crippen LogP contribution in [0.3, 0.4) is 0 Å². The molecule has 3 rings (SSSR count). The summed E-state index contributed by atoms with van der Waals surface area (Å²) in [5, 5.41) is 10.8. The van der Waals surface area contributed by atoms with Crippen LogP contribution in [0.5, 0.6) is 11.5 Å². The molecule has 0 saturated carbocycles. The van der Waals surface area contributed by atoms with Crippen molar-refractivity contribution in [2.45, 2.75) is 12.5 Å². The standard InChI is InChI=1S/C22H25N3O5.ClH/c1-23(2)22(26)30-19-10-11-20-16(15-19)5-4-13-24(3)21(20)12-14-29-18-8-6-17(7-9-18)25(27)28;/h4-11,15,21H,12-14H2,1-3H3;1H/t21-;/m1./s1. The Morgan fingerprint density at radius 2 is 1.87 bits per heavy atom. The molecule has 9 heteroatoms. The summed E-state index contributed by atoms with van der Waals surface area (Å²) in [5.41, 5.74) is 2.17. The van der Waals surface area contributed by atoms with Crippen molar-refractivity contribution in [2.24, 2.45) is 0 Å². The van der Waals surface area contributed by atoms with Crippen LogP contribution in [0.4, 0.5) is 10.5 Å². The maximum atomic E-state index is 11.8. The Kier molecular flexibility index (Phi) is 8.41. The second-order valence-corrected chi connectivity index (χ2v) is 7.30. The summed E-state index contributed by atoms with van der Waals surface area (Å²) in [6.45, 7) is 1.24. The highest BCUT2D eigenvalue weighted by molar-refractivity contribution is 5.85. The van der Waals surface area contributed by atoms with Gasteiger partial charge in [-0.05, 0) is 42.4 Å². The molecule has 166 valence electrons. The molecule has 0 unspecified atom stereocenters. The van der Waals surface area contributed by atoms with Gasteiger partial charge in [0.1, 0.15) is 11.5 Å². The van der Waals surface area contributed by atoms with Gasteiger partial charge in [0, 0.05) is 45.2 Å². The number of rotatable bonds is 6. The molecular formula is C22H26ClN3O5. The third-order valence-corrected chi connectivity index (χ3v) is 4.92. The van der Waals surface area contributed by atoms with Gasteiger partial charge in [0.05, 0.1) is 11.5 Å². The number of nitrogens with zero attached hydrogens (tertiary/aromatic N) is 3. The number of ether oxygens (including phenoxy) is 2. The molecule has 1 heterocycles. The molecule has 1 atom stereocenters. The van der Waals surface area contributed by atoms with E-state index in [0.29, 0.717) is 18.1 Å². The normalized spacial score (nSPS) is 15.3. The smallest absolute Gasteiger partial charge is 0.414 e. The Morgan fingerprint density at radius 3 is 2.52 bits per heavy atom. The van der Waals surface area contributed by atoms with Gasteiger partial charge >= 0.3 is 6.09 Å². The Bertz CT molecular complexity index is 947. The van der Waals surface area contributed by atoms with Crippen molar-refractivity contribution in [3.8, 4) is 11.5 Å². The summed E-state index contributed by atoms with van der Waals surface area (Å²) in [4.78, 5) is 25.8. The lowest BCUT2D eigenvalue weighted by Crippen LogP contribution is -2.26. The minimum absolute atomic E-state index is 0. The average molecular weight is 448 g/mol. The lowest BCUT2D eigenvalue weighted by Gasteiger charge is -2.27. The lowest BCUT2D eigenvalue weighted by molar-refractivity contribution is -0.384. The summed E-state index contributed by atoms with van der Waals surface area (Å²) >= 11 is 0. The van der Waals surface area contributed by atoms with Crippen LogP contribution in [0.25, 0.3) is 6.08 Å². The second kappa shape index (κ2) is 10.8. The highest BCUT2D eigenvalue weighted by Gasteiger charge is 2.22. The third-order valence-electron chi connectivity index (χ3n) is 4.92. The molecule has 0 fully saturated rings. The van der Waals surface area contributed by atoms with E-state index in [4.69, 9.17) is 9.47 Å². The molecule has 0 saturated heterocycles. The number of likely N-dealkylation sites (N-methyl/N-ethyl adjacent to an activating group) is 1. The first-order valence-electron chi connectivity index (χ1n) is 9.62. The number of halogens is 1. The number of hydrogen-bond donors (Lipinski definition) is 0. The number of nitro benzene ring substituents is 1. The molecule has 1 amide bonds. The monoisotopic (exact) mass is 447 g/mol. The van der Waals surface area contributed by atoms with Crippen LogP contribution in [-0.4, -0.2) is 55.1 Å². The van der Waals surface area contributed by atoms with Crippen LogP contribution >= 0.6 is 12.4 Å². The Labute approximate surface area is 187 Å². The average Bonchev–Trinajstić information content (AvgIpc) is 2.86. The fraction of sp³-hybridized carbons (Fsp3) is 0.318. The van der Waals surface area contributed by atoms with Gasteiger partial charge < -0.3 is 14.4 Å². The summed E-state index contributed by atoms with van der Waals surface area (Å²) in [5.74, 6) is 1.10. The number of benzene rings is 2. The molecular weight excluding hydrogens is 422 g/mol. The SMILES string of the molecule is CN(C)C(=O)Oc1ccc2c(c1)C=CCN(C)[C@@H]2CCOc1ccc([N+](=O)[O-])cc1.Cl. The van der Waals surface area contributed by atoms with E-state index in [-0.39, 0.29) is 24.1 Å². The summed E-state index contributed by atoms with van der Waals surface area (Å²) in [7, 11) is 5.33. The van der Waals surface area contributed by atoms with Crippen LogP contribution in [0.1, 0.15) is 23.6 Å². The number of amides is 1. The largest absolute Gasteiger partial charge is 0.494 e. The van der Waals surface area contributed by atoms with E-state index in [2.05, 4.69) is 18.0 Å². The van der Waals surface area contributed by atoms with Gasteiger partial charge in [-0.1, -0.05) is 18.2 Å². The predicted octanol–water partition coefficient (Wildman–Crippen LogP) is 4.55. The topological polar surface area (TPSA) is 85.2 Å². The molecule has 2 aromatic rings. The zero-order valence-corrected chi connectivity index (χ0v) is 18.5. The third kappa shape index (κ3) is 6.19. The molecule has 0 aliphatic carbocycles. The molecule has 2 aromatic carbocycles. The maximum Gasteiger partial charge on any atom is 0.414 e. The van der Waals surface area contributed by atoms with E-state index in [1.54, 1.807) is 32.3 Å². The maximum absolute atomic E-state index is 11.8. The van der Waals surface area contributed by atoms with Gasteiger partial charge in [-0.2, -0.15) is 0 Å². The van der Waals surface area contributed by atoms with Crippen molar-refractivity contribution >= 4 is 30.3 Å². The number of carbonyl (C=O) groups is 1. The van der Waals surface area contributed by atoms with Crippen LogP contribution in [0.2, 0.25) is 0 Å². The molecule has 8 nitrogen and oxygen atoms in total. The van der Waals surface area contributed by atoms with Crippen molar-refractivity contribution in [2.75, 3.05) is 34.3 Å². The van der Waals surface area contributed by atoms with Crippen LogP contribution in [-0.2, 0) is 0 Å². The first-order chi connectivity index (χ1) is 14.3. The summed E-state index contributed by atoms with van der Waals surface area (Å²) < 4.78 is 11.2. The summed E-state index contributed by atoms with van der Waals surface area (Å²) in [6, 6.07) is 11.9. The lowest BCUT2D eigenvalue weighted by atomic mass is 9.97. The zero-order chi connectivity index (χ0) is 21.7. The fourth-order valence-electron chi connectivity index (χ4n) is 3.30. The number of hydrogen-bond acceptors (Lipinski definition) is 6. The molecule has 31 heavy (non-hydrogen) atoms. The number of carbonyl (C=O) groups excluding carboxylic acids is 1. The molecule has 0 bridgehead atoms. The molecule has 0 N–H and O–H groups in total. The second-order valence-electron chi connectivity index (χ2n) is 7.30. The van der Waals surface area contributed by atoms with E-state index in [1.165, 1.54) is 17.0 Å². The van der Waals surface area contributed by atoms with Gasteiger partial charge in [0.2, 0.25) is 0 Å². The zero-order valence-electron chi connectivity index (χ0n) is 17.7. The van der Waals surface area contributed by atoms with Gasteiger partial charge in [0.15, 0.2) is 0 Å². The summed E-state index contributed by atoms with van der Waals surface area (Å²) in [6.07, 6.45) is 4.43. The molecule has 0 radical (unpaired) electrons. The van der Waals surface area contributed by atoms with Gasteiger partial charge in [0.25, 0.3) is 5.69 Å². The Morgan fingerprint density at radius 1 is 1.19 bits per heavy atom. The quantitative estimate of drug-likeness (QED) is 0.477. The van der Waals surface area contributed by atoms with E-state index in [9.17, 15) is 14.9 Å². The first-order valence-corrected chi connectivity index (χ1v) is 9.62. The number of non-ortho nitro benzene ring substituents is 1. The minimum Gasteiger partial charge on any atom is -0.494 e. The van der Waals surface area contributed by atoms with Crippen LogP contribution in [0, 0.1) is 10.1 Å². The molecule has 1 aliphatic rings. The van der Waals surface area contributed by atoms with Crippen molar-refractivity contribution in [1.29, 1.82) is 0 Å². The Hall–Kier alpha value is -3.10. The number of fused-ring (bicyclic) bond motifs is 1. The molecule has 0 aromatic heterocycles. The van der Waals surface area contributed by atoms with Crippen molar-refractivity contribution < 1.29 is 19.2 Å². The van der Waals surface area contributed by atoms with Gasteiger partial charge in [-0.15, -0.1) is 12.4 Å². The molecule has 1 aliphatic heterocycles. The van der Waals surface area contributed by atoms with E-state index < -0.39 is 11.0 Å². The van der Waals surface area contributed by atoms with Crippen LogP contribution in [0.15, 0.2) is 48.5 Å². The fourth-order valence-corrected chi connectivity index (χ4v) is 3.30. The highest BCUT2D eigenvalue weighted by Crippen LogP contribution is 2.32. The van der Waals surface area contributed by atoms with E-state index in [0.717, 1.165) is 24.1 Å². The van der Waals surface area contributed by atoms with Crippen LogP contribution < -0.4 is 9.47 Å². The number of nitro groups is 1. The van der Waals surface area contributed by atoms with Crippen molar-refractivity contribution in [1.82, 2.24) is 9.80 Å². The van der Waals surface area contributed by atoms with Crippen molar-refractivity contribution in [3.05, 3.63) is 69.8 Å². The van der Waals surface area contributed by atoms with Gasteiger partial charge in [-0.3, -0.25) is 15.0 Å². The van der Waals surface area contributed by atoms with Crippen molar-refractivity contribution in [3.63, 3.8) is 0 Å². The highest BCUT2D eigenvalue weighted by atomic mass is 35.5. The first kappa shape index (κ1) is 24.2.